The fraction of sp³-hybridized carbons (Fsp3) is 0.368. The van der Waals surface area contributed by atoms with Gasteiger partial charge in [0, 0.05) is 31.9 Å². The third-order valence-corrected chi connectivity index (χ3v) is 4.54. The summed E-state index contributed by atoms with van der Waals surface area (Å²) in [6.45, 7) is 3.45. The number of carboxylic acid groups (broad SMARTS) is 1. The largest absolute Gasteiger partial charge is 0.493 e. The number of aromatic carboxylic acids is 1. The lowest BCUT2D eigenvalue weighted by Gasteiger charge is -2.17. The van der Waals surface area contributed by atoms with Crippen molar-refractivity contribution in [1.29, 1.82) is 0 Å². The van der Waals surface area contributed by atoms with E-state index in [9.17, 15) is 14.7 Å². The second-order valence-electron chi connectivity index (χ2n) is 6.24. The van der Waals surface area contributed by atoms with Crippen LogP contribution in [0.25, 0.3) is 11.3 Å². The molecule has 0 radical (unpaired) electrons. The first kappa shape index (κ1) is 18.6. The molecule has 2 N–H and O–H groups in total. The minimum Gasteiger partial charge on any atom is -0.493 e. The first-order valence-corrected chi connectivity index (χ1v) is 8.83. The molecule has 1 aromatic carbocycles. The van der Waals surface area contributed by atoms with Crippen LogP contribution in [-0.2, 0) is 4.79 Å². The van der Waals surface area contributed by atoms with Gasteiger partial charge in [0.25, 0.3) is 0 Å². The maximum Gasteiger partial charge on any atom is 0.339 e. The fourth-order valence-corrected chi connectivity index (χ4v) is 3.16. The monoisotopic (exact) mass is 370 g/mol. The normalized spacial score (nSPS) is 16.2. The Balaban J connectivity index is 1.87. The molecule has 1 aliphatic rings. The molecule has 0 spiro atoms. The number of aromatic nitrogens is 2. The van der Waals surface area contributed by atoms with Crippen molar-refractivity contribution in [2.45, 2.75) is 13.3 Å². The lowest BCUT2D eigenvalue weighted by Crippen LogP contribution is -2.30. The number of benzene rings is 1. The molecule has 1 aliphatic heterocycles. The summed E-state index contributed by atoms with van der Waals surface area (Å²) in [6.07, 6.45) is 2.39. The molecule has 1 amide bonds. The Bertz CT molecular complexity index is 855. The molecule has 3 rings (SSSR count). The highest BCUT2D eigenvalue weighted by Gasteiger charge is 2.29. The van der Waals surface area contributed by atoms with E-state index in [1.54, 1.807) is 44.4 Å². The molecule has 8 heteroatoms. The van der Waals surface area contributed by atoms with Crippen molar-refractivity contribution in [3.8, 4) is 17.0 Å². The van der Waals surface area contributed by atoms with E-state index in [2.05, 4.69) is 15.3 Å². The molecule has 8 nitrogen and oxygen atoms in total. The van der Waals surface area contributed by atoms with E-state index < -0.39 is 5.97 Å². The predicted octanol–water partition coefficient (Wildman–Crippen LogP) is 1.81. The number of carbonyl (C=O) groups excluding carboxylic acids is 1. The Morgan fingerprint density at radius 2 is 2.19 bits per heavy atom. The molecular formula is C19H22N4O4. The second-order valence-corrected chi connectivity index (χ2v) is 6.24. The maximum absolute atomic E-state index is 11.8. The average molecular weight is 370 g/mol. The lowest BCUT2D eigenvalue weighted by molar-refractivity contribution is -0.123. The molecular weight excluding hydrogens is 348 g/mol. The number of nitrogens with zero attached hydrogens (tertiary/aromatic N) is 3. The molecule has 1 fully saturated rings. The van der Waals surface area contributed by atoms with Gasteiger partial charge in [0.15, 0.2) is 0 Å². The molecule has 2 heterocycles. The Hall–Kier alpha value is -3.16. The maximum atomic E-state index is 11.8. The van der Waals surface area contributed by atoms with Gasteiger partial charge in [-0.25, -0.2) is 14.8 Å². The van der Waals surface area contributed by atoms with Crippen LogP contribution in [0.2, 0.25) is 0 Å². The van der Waals surface area contributed by atoms with Crippen LogP contribution in [0.1, 0.15) is 23.7 Å². The van der Waals surface area contributed by atoms with E-state index in [0.29, 0.717) is 42.7 Å². The highest BCUT2D eigenvalue weighted by atomic mass is 16.5. The van der Waals surface area contributed by atoms with Crippen LogP contribution < -0.4 is 15.0 Å². The van der Waals surface area contributed by atoms with E-state index in [1.165, 1.54) is 0 Å². The Labute approximate surface area is 157 Å². The first-order chi connectivity index (χ1) is 13.0. The molecule has 1 aromatic heterocycles. The smallest absolute Gasteiger partial charge is 0.339 e. The van der Waals surface area contributed by atoms with Crippen molar-refractivity contribution >= 4 is 17.8 Å². The van der Waals surface area contributed by atoms with Crippen LogP contribution in [0, 0.1) is 5.92 Å². The molecule has 1 saturated heterocycles. The number of carbonyl (C=O) groups is 2. The van der Waals surface area contributed by atoms with Crippen molar-refractivity contribution in [3.63, 3.8) is 0 Å². The van der Waals surface area contributed by atoms with E-state index >= 15 is 0 Å². The molecule has 142 valence electrons. The highest BCUT2D eigenvalue weighted by molar-refractivity contribution is 5.92. The van der Waals surface area contributed by atoms with Gasteiger partial charge in [-0.05, 0) is 37.6 Å². The third kappa shape index (κ3) is 3.99. The zero-order valence-corrected chi connectivity index (χ0v) is 15.3. The Morgan fingerprint density at radius 3 is 2.89 bits per heavy atom. The van der Waals surface area contributed by atoms with E-state index in [1.807, 2.05) is 4.90 Å². The summed E-state index contributed by atoms with van der Waals surface area (Å²) in [7, 11) is 1.63. The SMILES string of the molecule is CCOc1ccc(-c2ccnc(N3CC[C@H](C(=O)NC)C3)n2)cc1C(=O)O. The summed E-state index contributed by atoms with van der Waals surface area (Å²) < 4.78 is 5.38. The molecule has 2 aromatic rings. The number of anilines is 1. The van der Waals surface area contributed by atoms with Crippen LogP contribution >= 0.6 is 0 Å². The van der Waals surface area contributed by atoms with Crippen LogP contribution in [0.3, 0.4) is 0 Å². The molecule has 0 unspecified atom stereocenters. The van der Waals surface area contributed by atoms with Gasteiger partial charge in [-0.1, -0.05) is 0 Å². The summed E-state index contributed by atoms with van der Waals surface area (Å²) in [4.78, 5) is 34.2. The summed E-state index contributed by atoms with van der Waals surface area (Å²) in [5.41, 5.74) is 1.38. The van der Waals surface area contributed by atoms with Crippen molar-refractivity contribution < 1.29 is 19.4 Å². The standard InChI is InChI=1S/C19H22N4O4/c1-3-27-16-5-4-12(10-14(16)18(25)26)15-6-8-21-19(22-15)23-9-7-13(11-23)17(24)20-2/h4-6,8,10,13H,3,7,9,11H2,1-2H3,(H,20,24)(H,25,26)/t13-/m0/s1. The van der Waals surface area contributed by atoms with Gasteiger partial charge in [-0.3, -0.25) is 4.79 Å². The quantitative estimate of drug-likeness (QED) is 0.799. The van der Waals surface area contributed by atoms with E-state index in [4.69, 9.17) is 4.74 Å². The molecule has 0 saturated carbocycles. The number of hydrogen-bond donors (Lipinski definition) is 2. The van der Waals surface area contributed by atoms with Gasteiger partial charge < -0.3 is 20.1 Å². The van der Waals surface area contributed by atoms with E-state index in [0.717, 1.165) is 6.42 Å². The van der Waals surface area contributed by atoms with Gasteiger partial charge in [-0.2, -0.15) is 0 Å². The van der Waals surface area contributed by atoms with Crippen molar-refractivity contribution in [1.82, 2.24) is 15.3 Å². The van der Waals surface area contributed by atoms with Crippen LogP contribution in [0.4, 0.5) is 5.95 Å². The minimum atomic E-state index is -1.05. The van der Waals surface area contributed by atoms with Gasteiger partial charge in [0.1, 0.15) is 11.3 Å². The van der Waals surface area contributed by atoms with Crippen molar-refractivity contribution in [2.75, 3.05) is 31.6 Å². The number of amides is 1. The molecule has 27 heavy (non-hydrogen) atoms. The zero-order chi connectivity index (χ0) is 19.4. The fourth-order valence-electron chi connectivity index (χ4n) is 3.16. The summed E-state index contributed by atoms with van der Waals surface area (Å²) >= 11 is 0. The average Bonchev–Trinajstić information content (AvgIpc) is 3.18. The van der Waals surface area contributed by atoms with Gasteiger partial charge in [0.05, 0.1) is 18.2 Å². The summed E-state index contributed by atoms with van der Waals surface area (Å²) in [5, 5.41) is 12.1. The first-order valence-electron chi connectivity index (χ1n) is 8.83. The summed E-state index contributed by atoms with van der Waals surface area (Å²) in [6, 6.07) is 6.70. The predicted molar refractivity (Wildman–Crippen MR) is 100.0 cm³/mol. The molecule has 0 aliphatic carbocycles. The number of carboxylic acids is 1. The Morgan fingerprint density at radius 1 is 1.37 bits per heavy atom. The number of hydrogen-bond acceptors (Lipinski definition) is 6. The third-order valence-electron chi connectivity index (χ3n) is 4.54. The second kappa shape index (κ2) is 8.03. The topological polar surface area (TPSA) is 105 Å². The van der Waals surface area contributed by atoms with Crippen LogP contribution in [-0.4, -0.2) is 53.7 Å². The zero-order valence-electron chi connectivity index (χ0n) is 15.3. The Kier molecular flexibility index (Phi) is 5.54. The van der Waals surface area contributed by atoms with Crippen LogP contribution in [0.15, 0.2) is 30.5 Å². The van der Waals surface area contributed by atoms with Crippen molar-refractivity contribution in [3.05, 3.63) is 36.0 Å². The summed E-state index contributed by atoms with van der Waals surface area (Å²) in [5.74, 6) is -0.249. The van der Waals surface area contributed by atoms with Gasteiger partial charge >= 0.3 is 5.97 Å². The minimum absolute atomic E-state index is 0.0197. The van der Waals surface area contributed by atoms with Crippen LogP contribution in [0.5, 0.6) is 5.75 Å². The van der Waals surface area contributed by atoms with E-state index in [-0.39, 0.29) is 17.4 Å². The molecule has 1 atom stereocenters. The lowest BCUT2D eigenvalue weighted by atomic mass is 10.1. The molecule has 0 bridgehead atoms. The van der Waals surface area contributed by atoms with Crippen molar-refractivity contribution in [2.24, 2.45) is 5.92 Å². The van der Waals surface area contributed by atoms with Gasteiger partial charge in [0.2, 0.25) is 11.9 Å². The highest BCUT2D eigenvalue weighted by Crippen LogP contribution is 2.28. The number of nitrogens with one attached hydrogen (secondary N) is 1. The number of ether oxygens (including phenoxy) is 1. The number of rotatable bonds is 6. The van der Waals surface area contributed by atoms with Gasteiger partial charge in [-0.15, -0.1) is 0 Å².